The van der Waals surface area contributed by atoms with Crippen molar-refractivity contribution < 1.29 is 9.18 Å². The molecule has 1 aromatic carbocycles. The lowest BCUT2D eigenvalue weighted by molar-refractivity contribution is 0.0849. The zero-order chi connectivity index (χ0) is 12.5. The van der Waals surface area contributed by atoms with Gasteiger partial charge in [-0.15, -0.1) is 11.6 Å². The lowest BCUT2D eigenvalue weighted by Crippen LogP contribution is -2.55. The molecule has 1 amide bonds. The van der Waals surface area contributed by atoms with Crippen molar-refractivity contribution in [3.63, 3.8) is 0 Å². The van der Waals surface area contributed by atoms with E-state index in [1.807, 2.05) is 0 Å². The minimum Gasteiger partial charge on any atom is -0.345 e. The Hall–Kier alpha value is -0.800. The maximum absolute atomic E-state index is 13.5. The van der Waals surface area contributed by atoms with E-state index in [4.69, 9.17) is 23.2 Å². The second-order valence-electron chi connectivity index (χ2n) is 4.35. The summed E-state index contributed by atoms with van der Waals surface area (Å²) in [5.41, 5.74) is -0.351. The fourth-order valence-electron chi connectivity index (χ4n) is 1.88. The summed E-state index contributed by atoms with van der Waals surface area (Å²) in [7, 11) is 0. The van der Waals surface area contributed by atoms with Crippen LogP contribution < -0.4 is 5.32 Å². The highest BCUT2D eigenvalue weighted by molar-refractivity contribution is 6.30. The molecule has 0 atom stereocenters. The Morgan fingerprint density at radius 3 is 2.65 bits per heavy atom. The molecule has 0 spiro atoms. The standard InChI is InChI=1S/C12H12Cl2FNO/c13-7-12(4-1-5-12)16-11(17)9-3-2-8(14)6-10(9)15/h2-3,6H,1,4-5,7H2,(H,16,17). The molecule has 2 rings (SSSR count). The molecule has 2 nitrogen and oxygen atoms in total. The SMILES string of the molecule is O=C(NC1(CCl)CCC1)c1ccc(Cl)cc1F. The molecular weight excluding hydrogens is 264 g/mol. The molecule has 0 aliphatic heterocycles. The molecule has 1 aromatic rings. The van der Waals surface area contributed by atoms with Crippen LogP contribution in [0.25, 0.3) is 0 Å². The van der Waals surface area contributed by atoms with Crippen molar-refractivity contribution in [3.05, 3.63) is 34.6 Å². The lowest BCUT2D eigenvalue weighted by Gasteiger charge is -2.41. The monoisotopic (exact) mass is 275 g/mol. The first-order chi connectivity index (χ1) is 8.06. The molecule has 0 radical (unpaired) electrons. The van der Waals surface area contributed by atoms with Gasteiger partial charge in [0.1, 0.15) is 5.82 Å². The summed E-state index contributed by atoms with van der Waals surface area (Å²) in [4.78, 5) is 11.9. The van der Waals surface area contributed by atoms with E-state index in [0.29, 0.717) is 5.88 Å². The van der Waals surface area contributed by atoms with Gasteiger partial charge in [0.15, 0.2) is 0 Å². The topological polar surface area (TPSA) is 29.1 Å². The van der Waals surface area contributed by atoms with Crippen molar-refractivity contribution in [1.29, 1.82) is 0 Å². The second-order valence-corrected chi connectivity index (χ2v) is 5.05. The molecule has 17 heavy (non-hydrogen) atoms. The summed E-state index contributed by atoms with van der Waals surface area (Å²) in [5.74, 6) is -0.688. The molecule has 1 aliphatic rings. The Balaban J connectivity index is 2.14. The Labute approximate surface area is 109 Å². The summed E-state index contributed by atoms with van der Waals surface area (Å²) < 4.78 is 13.5. The number of halogens is 3. The minimum atomic E-state index is -0.612. The molecule has 0 aromatic heterocycles. The molecule has 5 heteroatoms. The molecule has 0 unspecified atom stereocenters. The molecular formula is C12H12Cl2FNO. The van der Waals surface area contributed by atoms with Crippen LogP contribution >= 0.6 is 23.2 Å². The number of amides is 1. The fourth-order valence-corrected chi connectivity index (χ4v) is 2.37. The molecule has 92 valence electrons. The molecule has 1 saturated carbocycles. The van der Waals surface area contributed by atoms with E-state index in [1.54, 1.807) is 0 Å². The zero-order valence-electron chi connectivity index (χ0n) is 9.10. The third-order valence-electron chi connectivity index (χ3n) is 3.12. The Kier molecular flexibility index (Phi) is 3.59. The van der Waals surface area contributed by atoms with E-state index in [9.17, 15) is 9.18 Å². The Morgan fingerprint density at radius 1 is 1.47 bits per heavy atom. The van der Waals surface area contributed by atoms with Gasteiger partial charge in [0.2, 0.25) is 0 Å². The van der Waals surface area contributed by atoms with Gasteiger partial charge >= 0.3 is 0 Å². The van der Waals surface area contributed by atoms with E-state index >= 15 is 0 Å². The molecule has 1 N–H and O–H groups in total. The van der Waals surface area contributed by atoms with Crippen LogP contribution in [0.1, 0.15) is 29.6 Å². The van der Waals surface area contributed by atoms with Gasteiger partial charge in [-0.3, -0.25) is 4.79 Å². The van der Waals surface area contributed by atoms with Crippen LogP contribution in [-0.2, 0) is 0 Å². The van der Waals surface area contributed by atoms with E-state index < -0.39 is 11.7 Å². The molecule has 1 fully saturated rings. The van der Waals surface area contributed by atoms with Crippen LogP contribution in [0.2, 0.25) is 5.02 Å². The van der Waals surface area contributed by atoms with Gasteiger partial charge in [0.05, 0.1) is 11.1 Å². The van der Waals surface area contributed by atoms with Crippen LogP contribution in [0.3, 0.4) is 0 Å². The summed E-state index contributed by atoms with van der Waals surface area (Å²) in [5, 5.41) is 3.08. The number of hydrogen-bond acceptors (Lipinski definition) is 1. The predicted molar refractivity (Wildman–Crippen MR) is 66.2 cm³/mol. The summed E-state index contributed by atoms with van der Waals surface area (Å²) in [6.07, 6.45) is 2.73. The maximum atomic E-state index is 13.5. The first-order valence-corrected chi connectivity index (χ1v) is 6.31. The van der Waals surface area contributed by atoms with Crippen LogP contribution in [0.4, 0.5) is 4.39 Å². The van der Waals surface area contributed by atoms with Crippen LogP contribution in [0, 0.1) is 5.82 Å². The lowest BCUT2D eigenvalue weighted by atomic mass is 9.78. The van der Waals surface area contributed by atoms with Gasteiger partial charge in [0.25, 0.3) is 5.91 Å². The third-order valence-corrected chi connectivity index (χ3v) is 3.87. The van der Waals surface area contributed by atoms with Gasteiger partial charge in [-0.05, 0) is 37.5 Å². The van der Waals surface area contributed by atoms with E-state index in [1.165, 1.54) is 12.1 Å². The quantitative estimate of drug-likeness (QED) is 0.842. The normalized spacial score (nSPS) is 17.4. The minimum absolute atomic E-state index is 0.00536. The molecule has 0 heterocycles. The van der Waals surface area contributed by atoms with Crippen LogP contribution in [0.5, 0.6) is 0 Å². The van der Waals surface area contributed by atoms with Crippen molar-refractivity contribution in [2.24, 2.45) is 0 Å². The number of benzene rings is 1. The highest BCUT2D eigenvalue weighted by atomic mass is 35.5. The van der Waals surface area contributed by atoms with Crippen LogP contribution in [-0.4, -0.2) is 17.3 Å². The number of carbonyl (C=O) groups excluding carboxylic acids is 1. The van der Waals surface area contributed by atoms with Crippen molar-refractivity contribution >= 4 is 29.1 Å². The second kappa shape index (κ2) is 4.83. The van der Waals surface area contributed by atoms with Gasteiger partial charge < -0.3 is 5.32 Å². The van der Waals surface area contributed by atoms with E-state index in [2.05, 4.69) is 5.32 Å². The smallest absolute Gasteiger partial charge is 0.254 e. The first kappa shape index (κ1) is 12.7. The van der Waals surface area contributed by atoms with Gasteiger partial charge in [-0.25, -0.2) is 4.39 Å². The fraction of sp³-hybridized carbons (Fsp3) is 0.417. The van der Waals surface area contributed by atoms with E-state index in [0.717, 1.165) is 25.3 Å². The number of carbonyl (C=O) groups is 1. The predicted octanol–water partition coefficient (Wildman–Crippen LogP) is 3.37. The number of nitrogens with one attached hydrogen (secondary N) is 1. The molecule has 0 bridgehead atoms. The number of hydrogen-bond donors (Lipinski definition) is 1. The van der Waals surface area contributed by atoms with E-state index in [-0.39, 0.29) is 16.1 Å². The number of rotatable bonds is 3. The van der Waals surface area contributed by atoms with Gasteiger partial charge in [-0.1, -0.05) is 11.6 Å². The van der Waals surface area contributed by atoms with Crippen molar-refractivity contribution in [1.82, 2.24) is 5.32 Å². The number of alkyl halides is 1. The van der Waals surface area contributed by atoms with Crippen molar-refractivity contribution in [2.75, 3.05) is 5.88 Å². The largest absolute Gasteiger partial charge is 0.345 e. The highest BCUT2D eigenvalue weighted by Crippen LogP contribution is 2.33. The average molecular weight is 276 g/mol. The summed E-state index contributed by atoms with van der Waals surface area (Å²) in [6.45, 7) is 0. The highest BCUT2D eigenvalue weighted by Gasteiger charge is 2.38. The van der Waals surface area contributed by atoms with Crippen molar-refractivity contribution in [3.8, 4) is 0 Å². The Morgan fingerprint density at radius 2 is 2.18 bits per heavy atom. The summed E-state index contributed by atoms with van der Waals surface area (Å²) in [6, 6.07) is 4.01. The first-order valence-electron chi connectivity index (χ1n) is 5.40. The van der Waals surface area contributed by atoms with Crippen LogP contribution in [0.15, 0.2) is 18.2 Å². The van der Waals surface area contributed by atoms with Crippen molar-refractivity contribution in [2.45, 2.75) is 24.8 Å². The molecule has 1 aliphatic carbocycles. The average Bonchev–Trinajstić information content (AvgIpc) is 2.23. The Bertz CT molecular complexity index is 441. The third kappa shape index (κ3) is 2.55. The maximum Gasteiger partial charge on any atom is 0.254 e. The zero-order valence-corrected chi connectivity index (χ0v) is 10.6. The van der Waals surface area contributed by atoms with Gasteiger partial charge in [0, 0.05) is 10.9 Å². The molecule has 0 saturated heterocycles. The summed E-state index contributed by atoms with van der Waals surface area (Å²) >= 11 is 11.5. The van der Waals surface area contributed by atoms with Gasteiger partial charge in [-0.2, -0.15) is 0 Å².